The molecular weight excluding hydrogens is 164 g/mol. The summed E-state index contributed by atoms with van der Waals surface area (Å²) in [5, 5.41) is 9.59. The van der Waals surface area contributed by atoms with Crippen LogP contribution in [0.15, 0.2) is 34.9 Å². The number of allylic oxidation sites excluding steroid dienone is 1. The van der Waals surface area contributed by atoms with Crippen LogP contribution in [0.2, 0.25) is 0 Å². The van der Waals surface area contributed by atoms with E-state index in [9.17, 15) is 5.11 Å². The third kappa shape index (κ3) is 2.64. The maximum Gasteiger partial charge on any atom is 0.169 e. The van der Waals surface area contributed by atoms with Crippen molar-refractivity contribution in [2.24, 2.45) is 0 Å². The van der Waals surface area contributed by atoms with E-state index in [1.165, 1.54) is 0 Å². The molecule has 1 unspecified atom stereocenters. The van der Waals surface area contributed by atoms with Crippen molar-refractivity contribution in [2.45, 2.75) is 25.9 Å². The molecule has 1 atom stereocenters. The van der Waals surface area contributed by atoms with Crippen molar-refractivity contribution in [1.82, 2.24) is 0 Å². The molecule has 2 heteroatoms. The van der Waals surface area contributed by atoms with Gasteiger partial charge in [-0.3, -0.25) is 0 Å². The summed E-state index contributed by atoms with van der Waals surface area (Å²) in [6.45, 7) is 2.04. The Bertz CT molecular complexity index is 300. The summed E-state index contributed by atoms with van der Waals surface area (Å²) in [5.41, 5.74) is 6.47. The molecule has 0 bridgehead atoms. The Labute approximate surface area is 78.5 Å². The van der Waals surface area contributed by atoms with Gasteiger partial charge in [0.1, 0.15) is 0 Å². The van der Waals surface area contributed by atoms with E-state index >= 15 is 0 Å². The average Bonchev–Trinajstić information content (AvgIpc) is 2.18. The molecule has 0 spiro atoms. The summed E-state index contributed by atoms with van der Waals surface area (Å²) in [5.74, 6) is 0.646. The molecule has 70 valence electrons. The van der Waals surface area contributed by atoms with Crippen molar-refractivity contribution < 1.29 is 9.84 Å². The lowest BCUT2D eigenvalue weighted by Gasteiger charge is -2.09. The number of aliphatic hydroxyl groups excluding tert-OH is 1. The predicted molar refractivity (Wildman–Crippen MR) is 51.1 cm³/mol. The first-order valence-electron chi connectivity index (χ1n) is 4.44. The van der Waals surface area contributed by atoms with Gasteiger partial charge in [-0.25, -0.2) is 0 Å². The van der Waals surface area contributed by atoms with E-state index in [4.69, 9.17) is 4.74 Å². The van der Waals surface area contributed by atoms with Crippen LogP contribution >= 0.6 is 0 Å². The Morgan fingerprint density at radius 2 is 2.23 bits per heavy atom. The van der Waals surface area contributed by atoms with E-state index in [1.54, 1.807) is 13.2 Å². The fraction of sp³-hybridized carbons (Fsp3) is 0.455. The van der Waals surface area contributed by atoms with Crippen LogP contribution in [0.3, 0.4) is 0 Å². The van der Waals surface area contributed by atoms with Crippen LogP contribution < -0.4 is 0 Å². The maximum atomic E-state index is 9.59. The highest BCUT2D eigenvalue weighted by Crippen LogP contribution is 2.12. The fourth-order valence-electron chi connectivity index (χ4n) is 1.12. The molecule has 1 rings (SSSR count). The molecule has 0 saturated heterocycles. The molecule has 2 nitrogen and oxygen atoms in total. The Kier molecular flexibility index (Phi) is 3.60. The first kappa shape index (κ1) is 9.88. The van der Waals surface area contributed by atoms with Crippen molar-refractivity contribution in [3.63, 3.8) is 0 Å². The lowest BCUT2D eigenvalue weighted by molar-refractivity contribution is 0.203. The molecule has 0 aromatic rings. The summed E-state index contributed by atoms with van der Waals surface area (Å²) in [4.78, 5) is 0. The Hall–Kier alpha value is -1.20. The summed E-state index contributed by atoms with van der Waals surface area (Å²) in [7, 11) is 1.59. The zero-order chi connectivity index (χ0) is 9.68. The Morgan fingerprint density at radius 3 is 2.69 bits per heavy atom. The van der Waals surface area contributed by atoms with Crippen molar-refractivity contribution in [2.75, 3.05) is 7.11 Å². The average molecular weight is 178 g/mol. The van der Waals surface area contributed by atoms with E-state index in [1.807, 2.05) is 13.0 Å². The fourth-order valence-corrected chi connectivity index (χ4v) is 1.12. The number of ether oxygens (including phenoxy) is 1. The normalized spacial score (nSPS) is 16.5. The molecule has 0 saturated carbocycles. The second kappa shape index (κ2) is 4.74. The Morgan fingerprint density at radius 1 is 1.46 bits per heavy atom. The quantitative estimate of drug-likeness (QED) is 0.666. The summed E-state index contributed by atoms with van der Waals surface area (Å²) in [6.07, 6.45) is 4.89. The maximum absolute atomic E-state index is 9.59. The number of hydrogen-bond donors (Lipinski definition) is 1. The van der Waals surface area contributed by atoms with Gasteiger partial charge in [0, 0.05) is 5.57 Å². The minimum absolute atomic E-state index is 0.424. The van der Waals surface area contributed by atoms with E-state index in [-0.39, 0.29) is 0 Å². The predicted octanol–water partition coefficient (Wildman–Crippen LogP) is 1.93. The van der Waals surface area contributed by atoms with Crippen molar-refractivity contribution in [3.05, 3.63) is 34.9 Å². The van der Waals surface area contributed by atoms with Gasteiger partial charge in [0.25, 0.3) is 0 Å². The number of methoxy groups -OCH3 is 1. The third-order valence-corrected chi connectivity index (χ3v) is 1.89. The number of aliphatic hydroxyl groups is 1. The van der Waals surface area contributed by atoms with Gasteiger partial charge in [-0.15, -0.1) is 0 Å². The van der Waals surface area contributed by atoms with Crippen LogP contribution in [0.4, 0.5) is 0 Å². The molecule has 0 aliphatic heterocycles. The van der Waals surface area contributed by atoms with Crippen LogP contribution in [-0.4, -0.2) is 18.3 Å². The molecule has 0 aromatic carbocycles. The largest absolute Gasteiger partial charge is 0.489 e. The molecule has 13 heavy (non-hydrogen) atoms. The van der Waals surface area contributed by atoms with Crippen molar-refractivity contribution in [1.29, 1.82) is 0 Å². The highest BCUT2D eigenvalue weighted by Gasteiger charge is 2.07. The minimum atomic E-state index is -0.424. The van der Waals surface area contributed by atoms with E-state index in [0.717, 1.165) is 18.4 Å². The number of rotatable bonds is 4. The van der Waals surface area contributed by atoms with E-state index in [2.05, 4.69) is 11.5 Å². The Balaban J connectivity index is 2.79. The van der Waals surface area contributed by atoms with Gasteiger partial charge in [-0.2, -0.15) is 0 Å². The van der Waals surface area contributed by atoms with Crippen LogP contribution in [0.25, 0.3) is 0 Å². The topological polar surface area (TPSA) is 29.5 Å². The third-order valence-electron chi connectivity index (χ3n) is 1.89. The number of hydrogen-bond acceptors (Lipinski definition) is 2. The first-order valence-corrected chi connectivity index (χ1v) is 4.44. The van der Waals surface area contributed by atoms with Crippen LogP contribution in [0.5, 0.6) is 0 Å². The zero-order valence-corrected chi connectivity index (χ0v) is 8.00. The van der Waals surface area contributed by atoms with Gasteiger partial charge in [0.15, 0.2) is 5.76 Å². The smallest absolute Gasteiger partial charge is 0.169 e. The molecule has 1 aliphatic rings. The molecule has 1 aliphatic carbocycles. The molecular formula is C11H14O2. The molecule has 0 amide bonds. The van der Waals surface area contributed by atoms with E-state index in [0.29, 0.717) is 5.76 Å². The highest BCUT2D eigenvalue weighted by atomic mass is 16.5. The lowest BCUT2D eigenvalue weighted by atomic mass is 10.0. The molecule has 0 heterocycles. The van der Waals surface area contributed by atoms with Crippen molar-refractivity contribution in [3.8, 4) is 0 Å². The zero-order valence-electron chi connectivity index (χ0n) is 8.00. The summed E-state index contributed by atoms with van der Waals surface area (Å²) >= 11 is 0. The van der Waals surface area contributed by atoms with Gasteiger partial charge >= 0.3 is 0 Å². The molecule has 0 aromatic heterocycles. The van der Waals surface area contributed by atoms with Gasteiger partial charge in [-0.1, -0.05) is 19.1 Å². The summed E-state index contributed by atoms with van der Waals surface area (Å²) < 4.78 is 4.94. The van der Waals surface area contributed by atoms with Crippen LogP contribution in [0, 0.1) is 0 Å². The monoisotopic (exact) mass is 178 g/mol. The second-order valence-corrected chi connectivity index (χ2v) is 2.91. The highest BCUT2D eigenvalue weighted by molar-refractivity contribution is 5.31. The van der Waals surface area contributed by atoms with E-state index < -0.39 is 6.10 Å². The van der Waals surface area contributed by atoms with Gasteiger partial charge in [0.05, 0.1) is 13.2 Å². The standard InChI is InChI=1S/C11H14O2/c1-3-4-11(12)9-5-7-10(13-2)8-6-9/h5,7,11-12H,3-4H2,1-2H3. The molecule has 0 fully saturated rings. The second-order valence-electron chi connectivity index (χ2n) is 2.91. The minimum Gasteiger partial charge on any atom is -0.489 e. The van der Waals surface area contributed by atoms with Gasteiger partial charge in [0.2, 0.25) is 0 Å². The van der Waals surface area contributed by atoms with Gasteiger partial charge in [-0.05, 0) is 24.3 Å². The summed E-state index contributed by atoms with van der Waals surface area (Å²) in [6, 6.07) is 0. The first-order chi connectivity index (χ1) is 6.27. The van der Waals surface area contributed by atoms with Crippen LogP contribution in [0.1, 0.15) is 19.8 Å². The molecule has 1 N–H and O–H groups in total. The van der Waals surface area contributed by atoms with Crippen LogP contribution in [-0.2, 0) is 4.74 Å². The molecule has 0 radical (unpaired) electrons. The van der Waals surface area contributed by atoms with Gasteiger partial charge < -0.3 is 9.84 Å². The SMILES string of the molecule is CCCC(O)C1=C=C=C(OC)C=C1. The van der Waals surface area contributed by atoms with Crippen molar-refractivity contribution >= 4 is 0 Å². The lowest BCUT2D eigenvalue weighted by Crippen LogP contribution is -2.07.